The molecule has 4 atom stereocenters. The summed E-state index contributed by atoms with van der Waals surface area (Å²) in [5.74, 6) is 1.76. The summed E-state index contributed by atoms with van der Waals surface area (Å²) in [5, 5.41) is 3.97. The molecule has 104 valence electrons. The van der Waals surface area contributed by atoms with E-state index in [1.807, 2.05) is 0 Å². The van der Waals surface area contributed by atoms with Gasteiger partial charge in [-0.3, -0.25) is 0 Å². The van der Waals surface area contributed by atoms with Gasteiger partial charge in [-0.25, -0.2) is 0 Å². The molecule has 1 heterocycles. The summed E-state index contributed by atoms with van der Waals surface area (Å²) in [6.07, 6.45) is 10.7. The van der Waals surface area contributed by atoms with Crippen LogP contribution in [-0.4, -0.2) is 24.3 Å². The van der Waals surface area contributed by atoms with Crippen LogP contribution in [0.5, 0.6) is 0 Å². The number of hydrogen-bond acceptors (Lipinski definition) is 2. The molecule has 0 aromatic carbocycles. The standard InChI is InChI=1S/C16H29NO/c1-12-5-6-15(13(12)2)17-14-7-10-18-16(11-14)8-3-4-9-16/h12-15,17H,3-11H2,1-2H3. The molecule has 2 aliphatic carbocycles. The van der Waals surface area contributed by atoms with Crippen molar-refractivity contribution in [2.75, 3.05) is 6.61 Å². The molecule has 4 unspecified atom stereocenters. The molecule has 0 bridgehead atoms. The Kier molecular flexibility index (Phi) is 3.68. The van der Waals surface area contributed by atoms with Crippen LogP contribution >= 0.6 is 0 Å². The highest BCUT2D eigenvalue weighted by molar-refractivity contribution is 4.96. The van der Waals surface area contributed by atoms with E-state index in [4.69, 9.17) is 4.74 Å². The van der Waals surface area contributed by atoms with Gasteiger partial charge in [-0.05, 0) is 50.4 Å². The first-order valence-electron chi connectivity index (χ1n) is 8.09. The van der Waals surface area contributed by atoms with Gasteiger partial charge in [0, 0.05) is 18.7 Å². The van der Waals surface area contributed by atoms with E-state index in [0.29, 0.717) is 0 Å². The summed E-state index contributed by atoms with van der Waals surface area (Å²) < 4.78 is 6.13. The van der Waals surface area contributed by atoms with Crippen LogP contribution in [0.15, 0.2) is 0 Å². The monoisotopic (exact) mass is 251 g/mol. The topological polar surface area (TPSA) is 21.3 Å². The van der Waals surface area contributed by atoms with E-state index in [9.17, 15) is 0 Å². The second-order valence-electron chi connectivity index (χ2n) is 7.12. The molecule has 2 heteroatoms. The lowest BCUT2D eigenvalue weighted by molar-refractivity contribution is -0.0851. The van der Waals surface area contributed by atoms with Gasteiger partial charge in [0.25, 0.3) is 0 Å². The molecule has 3 fully saturated rings. The number of hydrogen-bond donors (Lipinski definition) is 1. The lowest BCUT2D eigenvalue weighted by Crippen LogP contribution is -2.49. The number of rotatable bonds is 2. The lowest BCUT2D eigenvalue weighted by Gasteiger charge is -2.40. The molecule has 18 heavy (non-hydrogen) atoms. The van der Waals surface area contributed by atoms with Crippen LogP contribution < -0.4 is 5.32 Å². The molecule has 0 amide bonds. The maximum atomic E-state index is 6.13. The minimum atomic E-state index is 0.267. The zero-order valence-corrected chi connectivity index (χ0v) is 12.1. The van der Waals surface area contributed by atoms with Gasteiger partial charge in [-0.15, -0.1) is 0 Å². The predicted octanol–water partition coefficient (Wildman–Crippen LogP) is 3.50. The highest BCUT2D eigenvalue weighted by Crippen LogP contribution is 2.41. The average Bonchev–Trinajstić information content (AvgIpc) is 2.92. The molecule has 1 N–H and O–H groups in total. The third-order valence-corrected chi connectivity index (χ3v) is 5.92. The minimum absolute atomic E-state index is 0.267. The Morgan fingerprint density at radius 2 is 1.83 bits per heavy atom. The van der Waals surface area contributed by atoms with Gasteiger partial charge in [-0.2, -0.15) is 0 Å². The molecular weight excluding hydrogens is 222 g/mol. The van der Waals surface area contributed by atoms with E-state index in [2.05, 4.69) is 19.2 Å². The van der Waals surface area contributed by atoms with E-state index >= 15 is 0 Å². The summed E-state index contributed by atoms with van der Waals surface area (Å²) in [5.41, 5.74) is 0.267. The first-order chi connectivity index (χ1) is 8.69. The Labute approximate surface area is 112 Å². The van der Waals surface area contributed by atoms with Crippen molar-refractivity contribution in [2.45, 2.75) is 82.9 Å². The first kappa shape index (κ1) is 12.9. The predicted molar refractivity (Wildman–Crippen MR) is 74.7 cm³/mol. The normalized spacial score (nSPS) is 43.7. The second kappa shape index (κ2) is 5.13. The fraction of sp³-hybridized carbons (Fsp3) is 1.00. The second-order valence-corrected chi connectivity index (χ2v) is 7.12. The van der Waals surface area contributed by atoms with Crippen LogP contribution in [0.4, 0.5) is 0 Å². The molecular formula is C16H29NO. The Balaban J connectivity index is 1.56. The van der Waals surface area contributed by atoms with Gasteiger partial charge in [0.05, 0.1) is 5.60 Å². The highest BCUT2D eigenvalue weighted by Gasteiger charge is 2.41. The van der Waals surface area contributed by atoms with Crippen molar-refractivity contribution >= 4 is 0 Å². The largest absolute Gasteiger partial charge is 0.375 e. The Hall–Kier alpha value is -0.0800. The van der Waals surface area contributed by atoms with Crippen molar-refractivity contribution in [2.24, 2.45) is 11.8 Å². The summed E-state index contributed by atoms with van der Waals surface area (Å²) in [7, 11) is 0. The van der Waals surface area contributed by atoms with Crippen molar-refractivity contribution in [3.63, 3.8) is 0 Å². The molecule has 1 spiro atoms. The summed E-state index contributed by atoms with van der Waals surface area (Å²) >= 11 is 0. The first-order valence-corrected chi connectivity index (χ1v) is 8.09. The molecule has 2 saturated carbocycles. The van der Waals surface area contributed by atoms with Gasteiger partial charge in [0.15, 0.2) is 0 Å². The van der Waals surface area contributed by atoms with E-state index in [-0.39, 0.29) is 5.60 Å². The summed E-state index contributed by atoms with van der Waals surface area (Å²) in [6.45, 7) is 5.82. The molecule has 0 aromatic rings. The van der Waals surface area contributed by atoms with Gasteiger partial charge >= 0.3 is 0 Å². The van der Waals surface area contributed by atoms with Crippen LogP contribution in [0.25, 0.3) is 0 Å². The zero-order chi connectivity index (χ0) is 12.6. The Morgan fingerprint density at radius 1 is 1.06 bits per heavy atom. The fourth-order valence-electron chi connectivity index (χ4n) is 4.44. The summed E-state index contributed by atoms with van der Waals surface area (Å²) in [6, 6.07) is 1.48. The quantitative estimate of drug-likeness (QED) is 0.811. The zero-order valence-electron chi connectivity index (χ0n) is 12.1. The number of nitrogens with one attached hydrogen (secondary N) is 1. The molecule has 0 radical (unpaired) electrons. The maximum Gasteiger partial charge on any atom is 0.0697 e. The van der Waals surface area contributed by atoms with E-state index < -0.39 is 0 Å². The van der Waals surface area contributed by atoms with Gasteiger partial charge in [0.1, 0.15) is 0 Å². The SMILES string of the molecule is CC1CCC(NC2CCOC3(CCCC3)C2)C1C. The Morgan fingerprint density at radius 3 is 2.50 bits per heavy atom. The minimum Gasteiger partial charge on any atom is -0.375 e. The molecule has 1 aliphatic heterocycles. The van der Waals surface area contributed by atoms with Crippen molar-refractivity contribution in [3.05, 3.63) is 0 Å². The maximum absolute atomic E-state index is 6.13. The van der Waals surface area contributed by atoms with Gasteiger partial charge < -0.3 is 10.1 Å². The molecule has 0 aromatic heterocycles. The third-order valence-electron chi connectivity index (χ3n) is 5.92. The highest BCUT2D eigenvalue weighted by atomic mass is 16.5. The Bertz CT molecular complexity index is 285. The van der Waals surface area contributed by atoms with E-state index in [1.165, 1.54) is 51.4 Å². The van der Waals surface area contributed by atoms with Crippen molar-refractivity contribution in [3.8, 4) is 0 Å². The van der Waals surface area contributed by atoms with Crippen LogP contribution in [0.1, 0.15) is 65.2 Å². The van der Waals surface area contributed by atoms with E-state index in [1.54, 1.807) is 0 Å². The van der Waals surface area contributed by atoms with Crippen molar-refractivity contribution < 1.29 is 4.74 Å². The van der Waals surface area contributed by atoms with Crippen molar-refractivity contribution in [1.82, 2.24) is 5.32 Å². The van der Waals surface area contributed by atoms with Crippen LogP contribution in [-0.2, 0) is 4.74 Å². The van der Waals surface area contributed by atoms with Crippen LogP contribution in [0, 0.1) is 11.8 Å². The molecule has 2 nitrogen and oxygen atoms in total. The van der Waals surface area contributed by atoms with Crippen LogP contribution in [0.3, 0.4) is 0 Å². The summed E-state index contributed by atoms with van der Waals surface area (Å²) in [4.78, 5) is 0. The van der Waals surface area contributed by atoms with E-state index in [0.717, 1.165) is 30.5 Å². The average molecular weight is 251 g/mol. The molecule has 3 rings (SSSR count). The van der Waals surface area contributed by atoms with Gasteiger partial charge in [-0.1, -0.05) is 26.7 Å². The fourth-order valence-corrected chi connectivity index (χ4v) is 4.44. The smallest absolute Gasteiger partial charge is 0.0697 e. The molecule has 3 aliphatic rings. The lowest BCUT2D eigenvalue weighted by atomic mass is 9.88. The van der Waals surface area contributed by atoms with Crippen LogP contribution in [0.2, 0.25) is 0 Å². The third kappa shape index (κ3) is 2.46. The number of ether oxygens (including phenoxy) is 1. The van der Waals surface area contributed by atoms with Gasteiger partial charge in [0.2, 0.25) is 0 Å². The molecule has 1 saturated heterocycles. The van der Waals surface area contributed by atoms with Crippen molar-refractivity contribution in [1.29, 1.82) is 0 Å².